The topological polar surface area (TPSA) is 32.6 Å². The van der Waals surface area contributed by atoms with Crippen molar-refractivity contribution in [3.8, 4) is 5.75 Å². The van der Waals surface area contributed by atoms with Gasteiger partial charge in [-0.25, -0.2) is 0 Å². The van der Waals surface area contributed by atoms with Gasteiger partial charge < -0.3 is 5.11 Å². The third-order valence-corrected chi connectivity index (χ3v) is 9.74. The molecule has 0 aromatic heterocycles. The summed E-state index contributed by atoms with van der Waals surface area (Å²) in [5, 5.41) is 13.2. The SMILES string of the molecule is CCCCCC(CC)(Pc1ccccc1C=NC)c1cc(Cc2ccccc2)cc(Cc2ccccc2)c1O. The highest BCUT2D eigenvalue weighted by Crippen LogP contribution is 2.52. The molecule has 2 nitrogen and oxygen atoms in total. The number of unbranched alkanes of at least 4 members (excludes halogenated alkanes) is 2. The molecule has 0 spiro atoms. The van der Waals surface area contributed by atoms with Gasteiger partial charge in [0.25, 0.3) is 0 Å². The van der Waals surface area contributed by atoms with E-state index >= 15 is 0 Å². The number of aliphatic imine (C=N–C) groups is 1. The summed E-state index contributed by atoms with van der Waals surface area (Å²) in [6.07, 6.45) is 9.11. The van der Waals surface area contributed by atoms with E-state index in [1.807, 2.05) is 13.3 Å². The van der Waals surface area contributed by atoms with Gasteiger partial charge in [0.05, 0.1) is 0 Å². The molecule has 4 aromatic rings. The Labute approximate surface area is 237 Å². The Morgan fingerprint density at radius 2 is 1.41 bits per heavy atom. The number of phenols is 1. The smallest absolute Gasteiger partial charge is 0.123 e. The average Bonchev–Trinajstić information content (AvgIpc) is 2.96. The second kappa shape index (κ2) is 14.2. The van der Waals surface area contributed by atoms with Crippen LogP contribution < -0.4 is 5.30 Å². The van der Waals surface area contributed by atoms with Crippen LogP contribution in [-0.2, 0) is 18.0 Å². The first kappa shape index (κ1) is 28.8. The van der Waals surface area contributed by atoms with E-state index in [2.05, 4.69) is 116 Å². The molecule has 0 aliphatic heterocycles. The second-order valence-electron chi connectivity index (χ2n) is 10.5. The van der Waals surface area contributed by atoms with Crippen LogP contribution >= 0.6 is 8.58 Å². The standard InChI is InChI=1S/C36H42NOP/c1-4-6-15-22-36(5-2,39-34-21-14-13-20-31(34)27-37-3)33-26-30(23-28-16-9-7-10-17-28)25-32(35(33)38)24-29-18-11-8-12-19-29/h7-14,16-21,25-27,38-39H,4-6,15,22-24H2,1-3H3. The summed E-state index contributed by atoms with van der Waals surface area (Å²) >= 11 is 0. The van der Waals surface area contributed by atoms with E-state index in [0.29, 0.717) is 14.3 Å². The Morgan fingerprint density at radius 3 is 2.05 bits per heavy atom. The molecule has 4 aromatic carbocycles. The van der Waals surface area contributed by atoms with Gasteiger partial charge in [0.2, 0.25) is 0 Å². The van der Waals surface area contributed by atoms with Gasteiger partial charge in [0.15, 0.2) is 0 Å². The van der Waals surface area contributed by atoms with E-state index in [-0.39, 0.29) is 5.16 Å². The van der Waals surface area contributed by atoms with E-state index in [1.165, 1.54) is 40.4 Å². The zero-order valence-corrected chi connectivity index (χ0v) is 24.7. The van der Waals surface area contributed by atoms with E-state index in [0.717, 1.165) is 43.2 Å². The van der Waals surface area contributed by atoms with Gasteiger partial charge >= 0.3 is 0 Å². The number of aromatic hydroxyl groups is 1. The molecule has 2 unspecified atom stereocenters. The predicted molar refractivity (Wildman–Crippen MR) is 171 cm³/mol. The van der Waals surface area contributed by atoms with Crippen molar-refractivity contribution in [2.75, 3.05) is 7.05 Å². The molecule has 0 aliphatic rings. The Hall–Kier alpha value is -3.22. The first-order chi connectivity index (χ1) is 19.1. The molecule has 4 rings (SSSR count). The van der Waals surface area contributed by atoms with Gasteiger partial charge in [-0.1, -0.05) is 139 Å². The molecule has 0 fully saturated rings. The fourth-order valence-electron chi connectivity index (χ4n) is 5.53. The summed E-state index contributed by atoms with van der Waals surface area (Å²) in [6, 6.07) is 34.4. The van der Waals surface area contributed by atoms with Crippen molar-refractivity contribution in [1.82, 2.24) is 0 Å². The van der Waals surface area contributed by atoms with Crippen molar-refractivity contribution in [1.29, 1.82) is 0 Å². The molecular formula is C36H42NOP. The maximum Gasteiger partial charge on any atom is 0.123 e. The molecule has 202 valence electrons. The Kier molecular flexibility index (Phi) is 10.5. The Balaban J connectivity index is 1.86. The highest BCUT2D eigenvalue weighted by Gasteiger charge is 2.34. The maximum atomic E-state index is 12.0. The maximum absolute atomic E-state index is 12.0. The van der Waals surface area contributed by atoms with Crippen LogP contribution in [0.4, 0.5) is 0 Å². The largest absolute Gasteiger partial charge is 0.507 e. The molecule has 0 amide bonds. The van der Waals surface area contributed by atoms with Crippen LogP contribution in [0.3, 0.4) is 0 Å². The molecule has 0 saturated carbocycles. The summed E-state index contributed by atoms with van der Waals surface area (Å²) < 4.78 is 0. The zero-order chi connectivity index (χ0) is 27.5. The lowest BCUT2D eigenvalue weighted by atomic mass is 9.85. The van der Waals surface area contributed by atoms with E-state index in [9.17, 15) is 5.11 Å². The molecule has 0 saturated heterocycles. The minimum absolute atomic E-state index is 0.144. The number of nitrogens with zero attached hydrogens (tertiary/aromatic N) is 1. The van der Waals surface area contributed by atoms with Crippen molar-refractivity contribution in [2.24, 2.45) is 4.99 Å². The van der Waals surface area contributed by atoms with Crippen LogP contribution in [0, 0.1) is 0 Å². The summed E-state index contributed by atoms with van der Waals surface area (Å²) in [5.74, 6) is 0.475. The molecule has 3 heteroatoms. The van der Waals surface area contributed by atoms with Gasteiger partial charge in [-0.05, 0) is 52.4 Å². The molecule has 0 radical (unpaired) electrons. The Morgan fingerprint density at radius 1 is 0.769 bits per heavy atom. The highest BCUT2D eigenvalue weighted by molar-refractivity contribution is 7.48. The van der Waals surface area contributed by atoms with Crippen molar-refractivity contribution in [2.45, 2.75) is 63.9 Å². The normalized spacial score (nSPS) is 13.3. The van der Waals surface area contributed by atoms with Crippen LogP contribution in [0.2, 0.25) is 0 Å². The first-order valence-corrected chi connectivity index (χ1v) is 15.3. The number of hydrogen-bond donors (Lipinski definition) is 1. The van der Waals surface area contributed by atoms with Crippen LogP contribution in [0.1, 0.15) is 79.3 Å². The van der Waals surface area contributed by atoms with E-state index in [1.54, 1.807) is 0 Å². The van der Waals surface area contributed by atoms with E-state index < -0.39 is 0 Å². The lowest BCUT2D eigenvalue weighted by molar-refractivity contribution is 0.432. The predicted octanol–water partition coefficient (Wildman–Crippen LogP) is 8.81. The summed E-state index contributed by atoms with van der Waals surface area (Å²) in [4.78, 5) is 4.34. The molecule has 0 aliphatic carbocycles. The quantitative estimate of drug-likeness (QED) is 0.104. The third-order valence-electron chi connectivity index (χ3n) is 7.67. The van der Waals surface area contributed by atoms with Gasteiger partial charge in [-0.15, -0.1) is 0 Å². The van der Waals surface area contributed by atoms with Crippen molar-refractivity contribution in [3.05, 3.63) is 130 Å². The number of rotatable bonds is 13. The summed E-state index contributed by atoms with van der Waals surface area (Å²) in [6.45, 7) is 4.56. The summed E-state index contributed by atoms with van der Waals surface area (Å²) in [7, 11) is 2.37. The molecule has 1 N–H and O–H groups in total. The molecule has 2 atom stereocenters. The molecule has 0 heterocycles. The van der Waals surface area contributed by atoms with Gasteiger partial charge in [-0.3, -0.25) is 4.99 Å². The second-order valence-corrected chi connectivity index (χ2v) is 12.2. The van der Waals surface area contributed by atoms with Crippen molar-refractivity contribution in [3.63, 3.8) is 0 Å². The van der Waals surface area contributed by atoms with Gasteiger partial charge in [-0.2, -0.15) is 0 Å². The van der Waals surface area contributed by atoms with Gasteiger partial charge in [0, 0.05) is 30.4 Å². The van der Waals surface area contributed by atoms with Crippen molar-refractivity contribution >= 4 is 20.1 Å². The van der Waals surface area contributed by atoms with Crippen LogP contribution in [0.5, 0.6) is 5.75 Å². The zero-order valence-electron chi connectivity index (χ0n) is 23.7. The summed E-state index contributed by atoms with van der Waals surface area (Å²) in [5.41, 5.74) is 7.08. The average molecular weight is 536 g/mol. The number of benzene rings is 4. The fourth-order valence-corrected chi connectivity index (χ4v) is 7.32. The van der Waals surface area contributed by atoms with Crippen LogP contribution in [0.25, 0.3) is 0 Å². The van der Waals surface area contributed by atoms with Crippen LogP contribution in [0.15, 0.2) is 102 Å². The Bertz CT molecular complexity index is 1350. The molecule has 39 heavy (non-hydrogen) atoms. The minimum atomic E-state index is -0.144. The van der Waals surface area contributed by atoms with Crippen LogP contribution in [-0.4, -0.2) is 18.4 Å². The highest BCUT2D eigenvalue weighted by atomic mass is 31.1. The minimum Gasteiger partial charge on any atom is -0.507 e. The number of hydrogen-bond acceptors (Lipinski definition) is 2. The first-order valence-electron chi connectivity index (χ1n) is 14.3. The lowest BCUT2D eigenvalue weighted by Crippen LogP contribution is -2.25. The fraction of sp³-hybridized carbons (Fsp3) is 0.306. The molecule has 0 bridgehead atoms. The lowest BCUT2D eigenvalue weighted by Gasteiger charge is -2.36. The number of phenolic OH excluding ortho intramolecular Hbond substituents is 1. The van der Waals surface area contributed by atoms with Gasteiger partial charge in [0.1, 0.15) is 5.75 Å². The van der Waals surface area contributed by atoms with Crippen molar-refractivity contribution < 1.29 is 5.11 Å². The van der Waals surface area contributed by atoms with E-state index in [4.69, 9.17) is 0 Å². The third kappa shape index (κ3) is 7.46. The molecular weight excluding hydrogens is 493 g/mol. The monoisotopic (exact) mass is 535 g/mol.